The van der Waals surface area contributed by atoms with Crippen LogP contribution in [-0.4, -0.2) is 33.4 Å². The molecule has 1 atom stereocenters. The first-order valence-corrected chi connectivity index (χ1v) is 5.81. The normalized spacial score (nSPS) is 16.3. The second-order valence-electron chi connectivity index (χ2n) is 4.44. The van der Waals surface area contributed by atoms with E-state index in [1.165, 1.54) is 0 Å². The second kappa shape index (κ2) is 5.18. The van der Waals surface area contributed by atoms with Gasteiger partial charge in [-0.1, -0.05) is 0 Å². The minimum Gasteiger partial charge on any atom is -0.391 e. The predicted octanol–water partition coefficient (Wildman–Crippen LogP) is -1.58. The van der Waals surface area contributed by atoms with Gasteiger partial charge in [-0.05, 0) is 18.8 Å². The summed E-state index contributed by atoms with van der Waals surface area (Å²) < 4.78 is 0.932. The first kappa shape index (κ1) is 12.6. The zero-order valence-electron chi connectivity index (χ0n) is 9.76. The van der Waals surface area contributed by atoms with Gasteiger partial charge in [0.1, 0.15) is 6.54 Å². The third-order valence-corrected chi connectivity index (χ3v) is 2.86. The van der Waals surface area contributed by atoms with E-state index in [1.807, 2.05) is 0 Å². The Morgan fingerprint density at radius 2 is 2.22 bits per heavy atom. The van der Waals surface area contributed by atoms with Crippen LogP contribution in [0.2, 0.25) is 0 Å². The Morgan fingerprint density at radius 1 is 1.50 bits per heavy atom. The lowest BCUT2D eigenvalue weighted by Gasteiger charge is -2.11. The van der Waals surface area contributed by atoms with Crippen LogP contribution in [0.3, 0.4) is 0 Å². The van der Waals surface area contributed by atoms with E-state index >= 15 is 0 Å². The molecule has 0 radical (unpaired) electrons. The molecule has 7 nitrogen and oxygen atoms in total. The summed E-state index contributed by atoms with van der Waals surface area (Å²) >= 11 is 0. The third-order valence-electron chi connectivity index (χ3n) is 2.86. The molecule has 2 rings (SSSR count). The van der Waals surface area contributed by atoms with Gasteiger partial charge in [0, 0.05) is 18.7 Å². The average Bonchev–Trinajstić information content (AvgIpc) is 3.15. The molecular weight excluding hydrogens is 238 g/mol. The van der Waals surface area contributed by atoms with Gasteiger partial charge in [-0.25, -0.2) is 4.68 Å². The summed E-state index contributed by atoms with van der Waals surface area (Å²) in [6, 6.07) is 2.21. The number of aromatic nitrogens is 2. The molecule has 3 N–H and O–H groups in total. The number of aliphatic hydroxyl groups excluding tert-OH is 1. The zero-order valence-corrected chi connectivity index (χ0v) is 9.76. The lowest BCUT2D eigenvalue weighted by atomic mass is 10.2. The molecule has 1 amide bonds. The molecule has 1 unspecified atom stereocenters. The van der Waals surface area contributed by atoms with Crippen molar-refractivity contribution in [2.45, 2.75) is 25.5 Å². The van der Waals surface area contributed by atoms with E-state index in [0.717, 1.165) is 29.7 Å². The second-order valence-corrected chi connectivity index (χ2v) is 4.44. The number of amides is 1. The van der Waals surface area contributed by atoms with Crippen molar-refractivity contribution in [3.05, 3.63) is 32.8 Å². The quantitative estimate of drug-likeness (QED) is 0.589. The van der Waals surface area contributed by atoms with Crippen molar-refractivity contribution in [3.8, 4) is 0 Å². The molecule has 7 heteroatoms. The van der Waals surface area contributed by atoms with Crippen molar-refractivity contribution in [2.75, 3.05) is 6.54 Å². The van der Waals surface area contributed by atoms with Gasteiger partial charge < -0.3 is 10.4 Å². The molecule has 1 aliphatic rings. The van der Waals surface area contributed by atoms with Crippen LogP contribution in [0.1, 0.15) is 12.8 Å². The van der Waals surface area contributed by atoms with Crippen LogP contribution in [0.25, 0.3) is 0 Å². The van der Waals surface area contributed by atoms with Crippen molar-refractivity contribution in [2.24, 2.45) is 5.92 Å². The van der Waals surface area contributed by atoms with Crippen LogP contribution in [-0.2, 0) is 11.3 Å². The molecule has 1 heterocycles. The van der Waals surface area contributed by atoms with E-state index in [1.54, 1.807) is 0 Å². The lowest BCUT2D eigenvalue weighted by molar-refractivity contribution is -0.122. The van der Waals surface area contributed by atoms with Crippen LogP contribution in [0, 0.1) is 5.92 Å². The number of nitrogens with zero attached hydrogens (tertiary/aromatic N) is 1. The van der Waals surface area contributed by atoms with Crippen LogP contribution < -0.4 is 16.4 Å². The van der Waals surface area contributed by atoms with E-state index in [-0.39, 0.29) is 19.0 Å². The zero-order chi connectivity index (χ0) is 13.1. The Labute approximate surface area is 102 Å². The van der Waals surface area contributed by atoms with E-state index in [9.17, 15) is 19.5 Å². The topological polar surface area (TPSA) is 104 Å². The molecule has 1 aromatic rings. The number of rotatable bonds is 5. The average molecular weight is 253 g/mol. The Bertz CT molecular complexity index is 544. The SMILES string of the molecule is O=C(Cn1[nH]c(=O)ccc1=O)NCC(O)C1CC1. The minimum atomic E-state index is -0.527. The molecule has 0 spiro atoms. The summed E-state index contributed by atoms with van der Waals surface area (Å²) in [4.78, 5) is 33.8. The molecule has 0 bridgehead atoms. The molecule has 18 heavy (non-hydrogen) atoms. The maximum Gasteiger partial charge on any atom is 0.265 e. The fourth-order valence-corrected chi connectivity index (χ4v) is 1.65. The highest BCUT2D eigenvalue weighted by molar-refractivity contribution is 5.75. The number of H-pyrrole nitrogens is 1. The van der Waals surface area contributed by atoms with Gasteiger partial charge >= 0.3 is 0 Å². The van der Waals surface area contributed by atoms with Gasteiger partial charge in [-0.3, -0.25) is 19.5 Å². The highest BCUT2D eigenvalue weighted by atomic mass is 16.3. The highest BCUT2D eigenvalue weighted by Gasteiger charge is 2.29. The largest absolute Gasteiger partial charge is 0.391 e. The molecule has 0 aromatic carbocycles. The Kier molecular flexibility index (Phi) is 3.61. The number of carbonyl (C=O) groups is 1. The maximum absolute atomic E-state index is 11.5. The number of hydrogen-bond acceptors (Lipinski definition) is 4. The molecular formula is C11H15N3O4. The maximum atomic E-state index is 11.5. The fraction of sp³-hybridized carbons (Fsp3) is 0.545. The molecule has 1 aromatic heterocycles. The smallest absolute Gasteiger partial charge is 0.265 e. The van der Waals surface area contributed by atoms with Gasteiger partial charge in [-0.2, -0.15) is 0 Å². The van der Waals surface area contributed by atoms with E-state index in [2.05, 4.69) is 10.4 Å². The van der Waals surface area contributed by atoms with Crippen LogP contribution in [0.4, 0.5) is 0 Å². The Hall–Kier alpha value is -1.89. The Morgan fingerprint density at radius 3 is 2.89 bits per heavy atom. The molecule has 0 saturated heterocycles. The number of hydrogen-bond donors (Lipinski definition) is 3. The van der Waals surface area contributed by atoms with Crippen LogP contribution >= 0.6 is 0 Å². The summed E-state index contributed by atoms with van der Waals surface area (Å²) in [7, 11) is 0. The van der Waals surface area contributed by atoms with Crippen molar-refractivity contribution in [1.82, 2.24) is 15.1 Å². The predicted molar refractivity (Wildman–Crippen MR) is 63.1 cm³/mol. The number of nitrogens with one attached hydrogen (secondary N) is 2. The molecule has 1 fully saturated rings. The molecule has 1 saturated carbocycles. The molecule has 98 valence electrons. The van der Waals surface area contributed by atoms with Gasteiger partial charge in [0.2, 0.25) is 5.91 Å². The third kappa shape index (κ3) is 3.30. The highest BCUT2D eigenvalue weighted by Crippen LogP contribution is 2.32. The number of carbonyl (C=O) groups excluding carboxylic acids is 1. The van der Waals surface area contributed by atoms with Crippen molar-refractivity contribution in [1.29, 1.82) is 0 Å². The summed E-state index contributed by atoms with van der Waals surface area (Å²) in [5, 5.41) is 14.3. The Balaban J connectivity index is 1.88. The van der Waals surface area contributed by atoms with Gasteiger partial charge in [0.05, 0.1) is 6.10 Å². The van der Waals surface area contributed by atoms with Gasteiger partial charge in [-0.15, -0.1) is 0 Å². The van der Waals surface area contributed by atoms with Crippen molar-refractivity contribution in [3.63, 3.8) is 0 Å². The summed E-state index contributed by atoms with van der Waals surface area (Å²) in [5.41, 5.74) is -0.895. The van der Waals surface area contributed by atoms with E-state index in [4.69, 9.17) is 0 Å². The first-order chi connectivity index (χ1) is 8.56. The monoisotopic (exact) mass is 253 g/mol. The summed E-state index contributed by atoms with van der Waals surface area (Å²) in [6.07, 6.45) is 1.45. The lowest BCUT2D eigenvalue weighted by Crippen LogP contribution is -2.39. The van der Waals surface area contributed by atoms with Crippen LogP contribution in [0.5, 0.6) is 0 Å². The van der Waals surface area contributed by atoms with Crippen molar-refractivity contribution >= 4 is 5.91 Å². The summed E-state index contributed by atoms with van der Waals surface area (Å²) in [5.74, 6) is -0.136. The molecule has 1 aliphatic carbocycles. The van der Waals surface area contributed by atoms with Gasteiger partial charge in [0.15, 0.2) is 0 Å². The van der Waals surface area contributed by atoms with Crippen LogP contribution in [0.15, 0.2) is 21.7 Å². The first-order valence-electron chi connectivity index (χ1n) is 5.81. The standard InChI is InChI=1S/C11H15N3O4/c15-8(7-1-2-7)5-12-10(17)6-14-11(18)4-3-9(16)13-14/h3-4,7-8,15H,1-2,5-6H2,(H,12,17)(H,13,16). The number of aromatic amines is 1. The van der Waals surface area contributed by atoms with E-state index < -0.39 is 23.1 Å². The number of aliphatic hydroxyl groups is 1. The van der Waals surface area contributed by atoms with Gasteiger partial charge in [0.25, 0.3) is 11.1 Å². The summed E-state index contributed by atoms with van der Waals surface area (Å²) in [6.45, 7) is -0.0817. The van der Waals surface area contributed by atoms with E-state index in [0.29, 0.717) is 0 Å². The fourth-order valence-electron chi connectivity index (χ4n) is 1.65. The minimum absolute atomic E-state index is 0.176. The molecule has 0 aliphatic heterocycles. The van der Waals surface area contributed by atoms with Crippen molar-refractivity contribution < 1.29 is 9.90 Å².